The Bertz CT molecular complexity index is 882. The molecule has 0 saturated carbocycles. The van der Waals surface area contributed by atoms with Crippen LogP contribution >= 0.6 is 11.6 Å². The second kappa shape index (κ2) is 5.60. The molecule has 0 fully saturated rings. The van der Waals surface area contributed by atoms with Crippen molar-refractivity contribution in [2.24, 2.45) is 5.14 Å². The zero-order chi connectivity index (χ0) is 15.7. The second-order valence-electron chi connectivity index (χ2n) is 3.94. The Morgan fingerprint density at radius 2 is 1.62 bits per heavy atom. The number of halogens is 1. The van der Waals surface area contributed by atoms with E-state index in [1.54, 1.807) is 0 Å². The molecule has 0 aliphatic carbocycles. The standard InChI is InChI=1S/C11H10ClN3O4S2/c12-11-10(6-3-7-14-11)21(18,19)15-8-4-1-2-5-9(8)20(13,16)17/h1-7,15H,(H2,13,16,17). The molecule has 0 unspecified atom stereocenters. The number of aromatic nitrogens is 1. The van der Waals surface area contributed by atoms with Crippen molar-refractivity contribution in [2.75, 3.05) is 4.72 Å². The Kier molecular flexibility index (Phi) is 4.19. The summed E-state index contributed by atoms with van der Waals surface area (Å²) in [6.07, 6.45) is 1.33. The smallest absolute Gasteiger partial charge is 0.265 e. The Labute approximate surface area is 126 Å². The number of hydrogen-bond donors (Lipinski definition) is 2. The number of rotatable bonds is 4. The van der Waals surface area contributed by atoms with Gasteiger partial charge in [0.2, 0.25) is 10.0 Å². The lowest BCUT2D eigenvalue weighted by molar-refractivity contribution is 0.598. The first-order valence-electron chi connectivity index (χ1n) is 5.47. The van der Waals surface area contributed by atoms with Gasteiger partial charge in [-0.25, -0.2) is 27.0 Å². The average Bonchev–Trinajstić information content (AvgIpc) is 2.38. The van der Waals surface area contributed by atoms with Gasteiger partial charge in [0, 0.05) is 6.20 Å². The Morgan fingerprint density at radius 3 is 2.24 bits per heavy atom. The monoisotopic (exact) mass is 347 g/mol. The van der Waals surface area contributed by atoms with Gasteiger partial charge in [-0.3, -0.25) is 4.72 Å². The highest BCUT2D eigenvalue weighted by Crippen LogP contribution is 2.25. The van der Waals surface area contributed by atoms with Gasteiger partial charge in [-0.05, 0) is 24.3 Å². The van der Waals surface area contributed by atoms with Gasteiger partial charge in [-0.1, -0.05) is 23.7 Å². The maximum absolute atomic E-state index is 12.2. The molecule has 1 aromatic heterocycles. The van der Waals surface area contributed by atoms with Gasteiger partial charge in [-0.15, -0.1) is 0 Å². The number of pyridine rings is 1. The van der Waals surface area contributed by atoms with Crippen molar-refractivity contribution in [1.29, 1.82) is 0 Å². The lowest BCUT2D eigenvalue weighted by Crippen LogP contribution is -2.19. The van der Waals surface area contributed by atoms with Crippen LogP contribution in [0, 0.1) is 0 Å². The Hall–Kier alpha value is -1.68. The summed E-state index contributed by atoms with van der Waals surface area (Å²) in [5, 5.41) is 4.82. The predicted octanol–water partition coefficient (Wildman–Crippen LogP) is 1.18. The zero-order valence-electron chi connectivity index (χ0n) is 10.4. The molecule has 21 heavy (non-hydrogen) atoms. The number of benzene rings is 1. The summed E-state index contributed by atoms with van der Waals surface area (Å²) in [7, 11) is -8.16. The van der Waals surface area contributed by atoms with E-state index in [0.717, 1.165) is 0 Å². The van der Waals surface area contributed by atoms with Crippen LogP contribution in [0.2, 0.25) is 5.15 Å². The van der Waals surface area contributed by atoms with Gasteiger partial charge in [0.05, 0.1) is 5.69 Å². The van der Waals surface area contributed by atoms with Crippen molar-refractivity contribution in [3.05, 3.63) is 47.7 Å². The topological polar surface area (TPSA) is 119 Å². The molecular weight excluding hydrogens is 338 g/mol. The highest BCUT2D eigenvalue weighted by molar-refractivity contribution is 7.93. The minimum atomic E-state index is -4.09. The van der Waals surface area contributed by atoms with Crippen LogP contribution in [0.25, 0.3) is 0 Å². The number of nitrogens with one attached hydrogen (secondary N) is 1. The molecule has 1 heterocycles. The molecule has 0 aliphatic rings. The van der Waals surface area contributed by atoms with Gasteiger partial charge in [-0.2, -0.15) is 0 Å². The quantitative estimate of drug-likeness (QED) is 0.805. The van der Waals surface area contributed by atoms with Gasteiger partial charge in [0.15, 0.2) is 0 Å². The highest BCUT2D eigenvalue weighted by Gasteiger charge is 2.22. The van der Waals surface area contributed by atoms with E-state index in [1.807, 2.05) is 0 Å². The van der Waals surface area contributed by atoms with E-state index >= 15 is 0 Å². The van der Waals surface area contributed by atoms with Crippen molar-refractivity contribution in [3.8, 4) is 0 Å². The number of para-hydroxylation sites is 1. The zero-order valence-corrected chi connectivity index (χ0v) is 12.8. The molecular formula is C11H10ClN3O4S2. The van der Waals surface area contributed by atoms with Crippen LogP contribution < -0.4 is 9.86 Å². The Balaban J connectivity index is 2.51. The first-order chi connectivity index (χ1) is 9.72. The summed E-state index contributed by atoms with van der Waals surface area (Å²) < 4.78 is 49.5. The van der Waals surface area contributed by atoms with Crippen molar-refractivity contribution in [1.82, 2.24) is 4.98 Å². The second-order valence-corrected chi connectivity index (χ2v) is 7.48. The molecule has 0 spiro atoms. The van der Waals surface area contributed by atoms with Gasteiger partial charge < -0.3 is 0 Å². The summed E-state index contributed by atoms with van der Waals surface area (Å²) in [6, 6.07) is 8.01. The normalized spacial score (nSPS) is 12.1. The van der Waals surface area contributed by atoms with E-state index in [-0.39, 0.29) is 20.6 Å². The van der Waals surface area contributed by atoms with Crippen molar-refractivity contribution in [3.63, 3.8) is 0 Å². The summed E-state index contributed by atoms with van der Waals surface area (Å²) in [5.41, 5.74) is -0.167. The molecule has 0 radical (unpaired) electrons. The van der Waals surface area contributed by atoms with Gasteiger partial charge in [0.25, 0.3) is 10.0 Å². The van der Waals surface area contributed by atoms with E-state index in [9.17, 15) is 16.8 Å². The number of nitrogens with two attached hydrogens (primary N) is 1. The first-order valence-corrected chi connectivity index (χ1v) is 8.88. The molecule has 0 aliphatic heterocycles. The maximum atomic E-state index is 12.2. The molecule has 2 aromatic rings. The van der Waals surface area contributed by atoms with E-state index in [0.29, 0.717) is 0 Å². The van der Waals surface area contributed by atoms with E-state index < -0.39 is 20.0 Å². The number of primary sulfonamides is 1. The van der Waals surface area contributed by atoms with E-state index in [1.165, 1.54) is 42.6 Å². The summed E-state index contributed by atoms with van der Waals surface area (Å²) in [4.78, 5) is 3.05. The molecule has 1 aromatic carbocycles. The van der Waals surface area contributed by atoms with Crippen molar-refractivity contribution in [2.45, 2.75) is 9.79 Å². The third-order valence-electron chi connectivity index (χ3n) is 2.45. The van der Waals surface area contributed by atoms with Crippen LogP contribution in [-0.2, 0) is 20.0 Å². The molecule has 10 heteroatoms. The number of nitrogens with zero attached hydrogens (tertiary/aromatic N) is 1. The summed E-state index contributed by atoms with van der Waals surface area (Å²) in [5.74, 6) is 0. The third kappa shape index (κ3) is 3.50. The lowest BCUT2D eigenvalue weighted by Gasteiger charge is -2.11. The SMILES string of the molecule is NS(=O)(=O)c1ccccc1NS(=O)(=O)c1cccnc1Cl. The first kappa shape index (κ1) is 15.7. The van der Waals surface area contributed by atoms with Crippen LogP contribution in [0.15, 0.2) is 52.4 Å². The molecule has 2 rings (SSSR count). The number of hydrogen-bond acceptors (Lipinski definition) is 5. The molecule has 7 nitrogen and oxygen atoms in total. The summed E-state index contributed by atoms with van der Waals surface area (Å²) >= 11 is 5.73. The summed E-state index contributed by atoms with van der Waals surface area (Å²) in [6.45, 7) is 0. The molecule has 0 amide bonds. The molecule has 0 atom stereocenters. The fourth-order valence-corrected chi connectivity index (χ4v) is 3.86. The fourth-order valence-electron chi connectivity index (χ4n) is 1.57. The minimum Gasteiger partial charge on any atom is -0.278 e. The molecule has 0 saturated heterocycles. The van der Waals surface area contributed by atoms with Crippen LogP contribution in [0.5, 0.6) is 0 Å². The largest absolute Gasteiger partial charge is 0.278 e. The lowest BCUT2D eigenvalue weighted by atomic mass is 10.3. The predicted molar refractivity (Wildman–Crippen MR) is 77.9 cm³/mol. The van der Waals surface area contributed by atoms with Crippen LogP contribution in [0.3, 0.4) is 0 Å². The molecule has 3 N–H and O–H groups in total. The van der Waals surface area contributed by atoms with E-state index in [4.69, 9.17) is 16.7 Å². The minimum absolute atomic E-state index is 0.167. The maximum Gasteiger partial charge on any atom is 0.265 e. The molecule has 112 valence electrons. The molecule has 0 bridgehead atoms. The van der Waals surface area contributed by atoms with Crippen LogP contribution in [-0.4, -0.2) is 21.8 Å². The fraction of sp³-hybridized carbons (Fsp3) is 0. The Morgan fingerprint density at radius 1 is 1.00 bits per heavy atom. The van der Waals surface area contributed by atoms with E-state index in [2.05, 4.69) is 9.71 Å². The number of sulfonamides is 2. The number of anilines is 1. The van der Waals surface area contributed by atoms with Crippen LogP contribution in [0.4, 0.5) is 5.69 Å². The highest BCUT2D eigenvalue weighted by atomic mass is 35.5. The van der Waals surface area contributed by atoms with Crippen LogP contribution in [0.1, 0.15) is 0 Å². The van der Waals surface area contributed by atoms with Crippen molar-refractivity contribution >= 4 is 37.3 Å². The van der Waals surface area contributed by atoms with Crippen molar-refractivity contribution < 1.29 is 16.8 Å². The third-order valence-corrected chi connectivity index (χ3v) is 5.23. The average molecular weight is 348 g/mol. The van der Waals surface area contributed by atoms with Gasteiger partial charge in [0.1, 0.15) is 14.9 Å². The van der Waals surface area contributed by atoms with Gasteiger partial charge >= 0.3 is 0 Å².